The number of nitrogens with one attached hydrogen (secondary N) is 1. The lowest BCUT2D eigenvalue weighted by molar-refractivity contribution is 0.0505. The van der Waals surface area contributed by atoms with E-state index in [2.05, 4.69) is 5.32 Å². The van der Waals surface area contributed by atoms with Gasteiger partial charge >= 0.3 is 5.97 Å². The molecule has 0 unspecified atom stereocenters. The van der Waals surface area contributed by atoms with Gasteiger partial charge in [-0.05, 0) is 61.7 Å². The van der Waals surface area contributed by atoms with E-state index < -0.39 is 21.9 Å². The fraction of sp³-hybridized carbons (Fsp3) is 0.364. The minimum atomic E-state index is -3.76. The lowest BCUT2D eigenvalue weighted by atomic mass is 10.1. The maximum absolute atomic E-state index is 13.0. The lowest BCUT2D eigenvalue weighted by Gasteiger charge is -2.18. The summed E-state index contributed by atoms with van der Waals surface area (Å²) >= 11 is 0. The van der Waals surface area contributed by atoms with E-state index in [1.165, 1.54) is 29.6 Å². The number of anilines is 1. The maximum atomic E-state index is 13.0. The zero-order chi connectivity index (χ0) is 22.4. The van der Waals surface area contributed by atoms with Crippen LogP contribution in [0.15, 0.2) is 47.4 Å². The minimum Gasteiger partial charge on any atom is -0.495 e. The number of carbonyl (C=O) groups excluding carboxylic acids is 2. The molecular formula is C22H26N2O6S. The molecule has 1 saturated heterocycles. The highest BCUT2D eigenvalue weighted by atomic mass is 32.2. The number of sulfonamides is 1. The van der Waals surface area contributed by atoms with E-state index in [0.717, 1.165) is 19.3 Å². The summed E-state index contributed by atoms with van der Waals surface area (Å²) in [6.07, 6.45) is 2.35. The largest absolute Gasteiger partial charge is 0.495 e. The van der Waals surface area contributed by atoms with E-state index in [4.69, 9.17) is 9.47 Å². The van der Waals surface area contributed by atoms with Crippen LogP contribution in [-0.2, 0) is 14.8 Å². The first kappa shape index (κ1) is 22.8. The van der Waals surface area contributed by atoms with Crippen LogP contribution in [0.5, 0.6) is 5.75 Å². The van der Waals surface area contributed by atoms with E-state index in [0.29, 0.717) is 30.9 Å². The monoisotopic (exact) mass is 446 g/mol. The third kappa shape index (κ3) is 5.23. The van der Waals surface area contributed by atoms with Crippen LogP contribution in [0, 0.1) is 0 Å². The molecule has 1 aliphatic rings. The Hall–Kier alpha value is -2.91. The van der Waals surface area contributed by atoms with Crippen molar-refractivity contribution in [1.82, 2.24) is 4.31 Å². The van der Waals surface area contributed by atoms with Crippen molar-refractivity contribution in [2.75, 3.05) is 32.1 Å². The van der Waals surface area contributed by atoms with Crippen molar-refractivity contribution >= 4 is 27.6 Å². The zero-order valence-corrected chi connectivity index (χ0v) is 18.4. The summed E-state index contributed by atoms with van der Waals surface area (Å²) in [6, 6.07) is 10.6. The summed E-state index contributed by atoms with van der Waals surface area (Å²) in [5.41, 5.74) is 1.04. The number of hydrogen-bond donors (Lipinski definition) is 1. The number of amides is 1. The molecule has 1 heterocycles. The Bertz CT molecular complexity index is 1040. The van der Waals surface area contributed by atoms with Gasteiger partial charge in [-0.2, -0.15) is 4.31 Å². The Balaban J connectivity index is 1.78. The molecule has 9 heteroatoms. The number of hydrogen-bond acceptors (Lipinski definition) is 6. The normalized spacial score (nSPS) is 14.3. The zero-order valence-electron chi connectivity index (χ0n) is 17.6. The van der Waals surface area contributed by atoms with Crippen LogP contribution in [-0.4, -0.2) is 51.4 Å². The van der Waals surface area contributed by atoms with Crippen LogP contribution in [0.25, 0.3) is 0 Å². The van der Waals surface area contributed by atoms with Crippen molar-refractivity contribution < 1.29 is 27.5 Å². The predicted octanol–water partition coefficient (Wildman–Crippen LogP) is 3.30. The van der Waals surface area contributed by atoms with Crippen LogP contribution in [0.3, 0.4) is 0 Å². The minimum absolute atomic E-state index is 0.0291. The molecule has 1 N–H and O–H groups in total. The van der Waals surface area contributed by atoms with Crippen molar-refractivity contribution in [2.24, 2.45) is 0 Å². The molecule has 1 aliphatic heterocycles. The highest BCUT2D eigenvalue weighted by Gasteiger charge is 2.30. The van der Waals surface area contributed by atoms with Crippen molar-refractivity contribution in [3.8, 4) is 5.75 Å². The van der Waals surface area contributed by atoms with Crippen molar-refractivity contribution in [2.45, 2.75) is 31.1 Å². The number of benzene rings is 2. The van der Waals surface area contributed by atoms with Gasteiger partial charge in [-0.1, -0.05) is 6.92 Å². The van der Waals surface area contributed by atoms with Crippen LogP contribution in [0.2, 0.25) is 0 Å². The number of esters is 1. The Morgan fingerprint density at radius 3 is 2.29 bits per heavy atom. The first-order valence-corrected chi connectivity index (χ1v) is 11.6. The van der Waals surface area contributed by atoms with E-state index >= 15 is 0 Å². The van der Waals surface area contributed by atoms with Gasteiger partial charge in [0.15, 0.2) is 0 Å². The Morgan fingerprint density at radius 1 is 1.03 bits per heavy atom. The van der Waals surface area contributed by atoms with Crippen LogP contribution in [0.4, 0.5) is 5.69 Å². The van der Waals surface area contributed by atoms with Gasteiger partial charge in [0, 0.05) is 24.3 Å². The SMILES string of the molecule is CCCOC(=O)c1ccc(NC(=O)c2ccc(OC)c(S(=O)(=O)N3CCCC3)c2)cc1. The molecule has 0 spiro atoms. The van der Waals surface area contributed by atoms with Gasteiger partial charge in [-0.15, -0.1) is 0 Å². The molecular weight excluding hydrogens is 420 g/mol. The molecule has 1 fully saturated rings. The Kier molecular flexibility index (Phi) is 7.29. The molecule has 0 bridgehead atoms. The smallest absolute Gasteiger partial charge is 0.338 e. The number of methoxy groups -OCH3 is 1. The Morgan fingerprint density at radius 2 is 1.68 bits per heavy atom. The van der Waals surface area contributed by atoms with Gasteiger partial charge in [0.2, 0.25) is 10.0 Å². The number of rotatable bonds is 8. The fourth-order valence-electron chi connectivity index (χ4n) is 3.26. The van der Waals surface area contributed by atoms with Crippen molar-refractivity contribution in [3.05, 3.63) is 53.6 Å². The molecule has 0 aliphatic carbocycles. The predicted molar refractivity (Wildman–Crippen MR) is 116 cm³/mol. The molecule has 0 atom stereocenters. The van der Waals surface area contributed by atoms with E-state index in [-0.39, 0.29) is 16.2 Å². The molecule has 3 rings (SSSR count). The van der Waals surface area contributed by atoms with Gasteiger partial charge in [0.05, 0.1) is 19.3 Å². The summed E-state index contributed by atoms with van der Waals surface area (Å²) < 4.78 is 37.7. The number of carbonyl (C=O) groups is 2. The summed E-state index contributed by atoms with van der Waals surface area (Å²) in [6.45, 7) is 3.16. The maximum Gasteiger partial charge on any atom is 0.338 e. The van der Waals surface area contributed by atoms with E-state index in [1.54, 1.807) is 24.3 Å². The summed E-state index contributed by atoms with van der Waals surface area (Å²) in [5.74, 6) is -0.702. The third-order valence-corrected chi connectivity index (χ3v) is 6.84. The highest BCUT2D eigenvalue weighted by molar-refractivity contribution is 7.89. The summed E-state index contributed by atoms with van der Waals surface area (Å²) in [4.78, 5) is 24.6. The molecule has 1 amide bonds. The lowest BCUT2D eigenvalue weighted by Crippen LogP contribution is -2.28. The van der Waals surface area contributed by atoms with Gasteiger partial charge in [0.1, 0.15) is 10.6 Å². The number of ether oxygens (including phenoxy) is 2. The fourth-order valence-corrected chi connectivity index (χ4v) is 4.96. The average molecular weight is 447 g/mol. The standard InChI is InChI=1S/C22H26N2O6S/c1-3-14-30-22(26)16-6-9-18(10-7-16)23-21(25)17-8-11-19(29-2)20(15-17)31(27,28)24-12-4-5-13-24/h6-11,15H,3-5,12-14H2,1-2H3,(H,23,25). The highest BCUT2D eigenvalue weighted by Crippen LogP contribution is 2.30. The van der Waals surface area contributed by atoms with Gasteiger partial charge in [-0.3, -0.25) is 4.79 Å². The average Bonchev–Trinajstić information content (AvgIpc) is 3.33. The van der Waals surface area contributed by atoms with Crippen molar-refractivity contribution in [1.29, 1.82) is 0 Å². The first-order chi connectivity index (χ1) is 14.9. The quantitative estimate of drug-likeness (QED) is 0.625. The second-order valence-electron chi connectivity index (χ2n) is 7.14. The molecule has 2 aromatic carbocycles. The first-order valence-electron chi connectivity index (χ1n) is 10.1. The molecule has 2 aromatic rings. The van der Waals surface area contributed by atoms with Gasteiger partial charge in [0.25, 0.3) is 5.91 Å². The topological polar surface area (TPSA) is 102 Å². The third-order valence-electron chi connectivity index (χ3n) is 4.92. The second kappa shape index (κ2) is 9.93. The van der Waals surface area contributed by atoms with Gasteiger partial charge < -0.3 is 14.8 Å². The Labute approximate surface area is 182 Å². The van der Waals surface area contributed by atoms with Crippen LogP contribution < -0.4 is 10.1 Å². The van der Waals surface area contributed by atoms with E-state index in [1.807, 2.05) is 6.92 Å². The molecule has 0 aromatic heterocycles. The molecule has 31 heavy (non-hydrogen) atoms. The molecule has 8 nitrogen and oxygen atoms in total. The number of nitrogens with zero attached hydrogens (tertiary/aromatic N) is 1. The molecule has 0 radical (unpaired) electrons. The van der Waals surface area contributed by atoms with Crippen LogP contribution in [0.1, 0.15) is 46.9 Å². The van der Waals surface area contributed by atoms with Crippen molar-refractivity contribution in [3.63, 3.8) is 0 Å². The second-order valence-corrected chi connectivity index (χ2v) is 9.05. The summed E-state index contributed by atoms with van der Waals surface area (Å²) in [7, 11) is -2.36. The van der Waals surface area contributed by atoms with Gasteiger partial charge in [-0.25, -0.2) is 13.2 Å². The summed E-state index contributed by atoms with van der Waals surface area (Å²) in [5, 5.41) is 2.71. The molecule has 0 saturated carbocycles. The van der Waals surface area contributed by atoms with Crippen LogP contribution >= 0.6 is 0 Å². The van der Waals surface area contributed by atoms with E-state index in [9.17, 15) is 18.0 Å². The molecule has 166 valence electrons.